The third-order valence-corrected chi connectivity index (χ3v) is 8.53. The minimum Gasteiger partial charge on any atom is -0.462 e. The number of rotatable bonds is 9. The number of fused-ring (bicyclic) bond motifs is 1. The zero-order chi connectivity index (χ0) is 22.7. The molecule has 0 aromatic carbocycles. The number of aryl methyl sites for hydroxylation is 2. The second kappa shape index (κ2) is 10.2. The van der Waals surface area contributed by atoms with Gasteiger partial charge < -0.3 is 14.6 Å². The molecule has 0 saturated heterocycles. The lowest BCUT2D eigenvalue weighted by Gasteiger charge is -2.08. The predicted molar refractivity (Wildman–Crippen MR) is 130 cm³/mol. The van der Waals surface area contributed by atoms with Gasteiger partial charge in [0.15, 0.2) is 11.0 Å². The molecule has 1 aliphatic rings. The molecule has 32 heavy (non-hydrogen) atoms. The lowest BCUT2D eigenvalue weighted by atomic mass is 10.1. The fourth-order valence-electron chi connectivity index (χ4n) is 3.78. The molecule has 0 unspecified atom stereocenters. The fraction of sp³-hybridized carbons (Fsp3) is 0.455. The molecule has 170 valence electrons. The second-order valence-electron chi connectivity index (χ2n) is 7.32. The van der Waals surface area contributed by atoms with Crippen LogP contribution in [-0.4, -0.2) is 39.0 Å². The van der Waals surface area contributed by atoms with Crippen molar-refractivity contribution in [1.29, 1.82) is 0 Å². The van der Waals surface area contributed by atoms with Crippen LogP contribution >= 0.6 is 34.4 Å². The Balaban J connectivity index is 1.46. The molecule has 1 aliphatic carbocycles. The van der Waals surface area contributed by atoms with Gasteiger partial charge in [0.05, 0.1) is 17.9 Å². The van der Waals surface area contributed by atoms with Crippen LogP contribution in [0.4, 0.5) is 5.00 Å². The number of thiophene rings is 2. The molecular formula is C22H26N4O3S3. The molecular weight excluding hydrogens is 464 g/mol. The zero-order valence-electron chi connectivity index (χ0n) is 18.4. The number of ether oxygens (including phenoxy) is 1. The highest BCUT2D eigenvalue weighted by Gasteiger charge is 2.28. The van der Waals surface area contributed by atoms with Crippen LogP contribution in [0, 0.1) is 0 Å². The van der Waals surface area contributed by atoms with Crippen molar-refractivity contribution in [3.05, 3.63) is 32.3 Å². The third-order valence-electron chi connectivity index (χ3n) is 5.28. The average Bonchev–Trinajstić information content (AvgIpc) is 3.54. The van der Waals surface area contributed by atoms with E-state index in [2.05, 4.69) is 33.9 Å². The smallest absolute Gasteiger partial charge is 0.341 e. The van der Waals surface area contributed by atoms with E-state index in [0.29, 0.717) is 28.9 Å². The third kappa shape index (κ3) is 4.62. The van der Waals surface area contributed by atoms with E-state index in [-0.39, 0.29) is 17.6 Å². The first-order valence-electron chi connectivity index (χ1n) is 10.8. The van der Waals surface area contributed by atoms with Crippen LogP contribution in [0.3, 0.4) is 0 Å². The number of hydrogen-bond acceptors (Lipinski definition) is 8. The molecule has 0 atom stereocenters. The Labute approximate surface area is 199 Å². The van der Waals surface area contributed by atoms with Crippen LogP contribution in [-0.2, 0) is 35.3 Å². The Bertz CT molecular complexity index is 1130. The van der Waals surface area contributed by atoms with Crippen LogP contribution in [0.5, 0.6) is 0 Å². The van der Waals surface area contributed by atoms with E-state index in [4.69, 9.17) is 4.74 Å². The van der Waals surface area contributed by atoms with Gasteiger partial charge in [0.25, 0.3) is 0 Å². The number of anilines is 1. The van der Waals surface area contributed by atoms with Gasteiger partial charge in [0, 0.05) is 27.2 Å². The SMILES string of the molecule is CCOC(=O)c1c(NC(=O)CSc2nnc(-c3csc(CC)c3)n2CC)sc2c1CCC2. The Kier molecular flexibility index (Phi) is 7.32. The number of nitrogens with one attached hydrogen (secondary N) is 1. The van der Waals surface area contributed by atoms with Gasteiger partial charge in [-0.1, -0.05) is 18.7 Å². The number of amides is 1. The van der Waals surface area contributed by atoms with E-state index in [0.717, 1.165) is 42.6 Å². The summed E-state index contributed by atoms with van der Waals surface area (Å²) in [7, 11) is 0. The highest BCUT2D eigenvalue weighted by molar-refractivity contribution is 7.99. The van der Waals surface area contributed by atoms with E-state index in [1.807, 2.05) is 11.5 Å². The number of carbonyl (C=O) groups is 2. The lowest BCUT2D eigenvalue weighted by Crippen LogP contribution is -2.17. The Morgan fingerprint density at radius 2 is 2.09 bits per heavy atom. The van der Waals surface area contributed by atoms with Crippen LogP contribution in [0.1, 0.15) is 52.9 Å². The minimum absolute atomic E-state index is 0.170. The lowest BCUT2D eigenvalue weighted by molar-refractivity contribution is -0.113. The van der Waals surface area contributed by atoms with Crippen LogP contribution in [0.15, 0.2) is 16.6 Å². The monoisotopic (exact) mass is 490 g/mol. The number of nitrogens with zero attached hydrogens (tertiary/aromatic N) is 3. The quantitative estimate of drug-likeness (QED) is 0.334. The van der Waals surface area contributed by atoms with Crippen LogP contribution in [0.2, 0.25) is 0 Å². The standard InChI is InChI=1S/C22H26N4O3S3/c1-4-14-10-13(11-30-14)19-24-25-22(26(19)5-2)31-12-17(27)23-20-18(21(28)29-6-3)15-8-7-9-16(15)32-20/h10-11H,4-9,12H2,1-3H3,(H,23,27). The molecule has 0 spiro atoms. The summed E-state index contributed by atoms with van der Waals surface area (Å²) >= 11 is 4.56. The maximum absolute atomic E-state index is 12.7. The topological polar surface area (TPSA) is 86.1 Å². The molecule has 7 nitrogen and oxygen atoms in total. The van der Waals surface area contributed by atoms with E-state index >= 15 is 0 Å². The number of aromatic nitrogens is 3. The second-order valence-corrected chi connectivity index (χ2v) is 10.4. The van der Waals surface area contributed by atoms with Crippen molar-refractivity contribution in [3.63, 3.8) is 0 Å². The van der Waals surface area contributed by atoms with Gasteiger partial charge in [0.1, 0.15) is 5.00 Å². The summed E-state index contributed by atoms with van der Waals surface area (Å²) < 4.78 is 7.27. The molecule has 0 radical (unpaired) electrons. The summed E-state index contributed by atoms with van der Waals surface area (Å²) in [6, 6.07) is 2.15. The average molecular weight is 491 g/mol. The summed E-state index contributed by atoms with van der Waals surface area (Å²) in [6.07, 6.45) is 3.83. The van der Waals surface area contributed by atoms with Crippen LogP contribution in [0.25, 0.3) is 11.4 Å². The van der Waals surface area contributed by atoms with E-state index in [9.17, 15) is 9.59 Å². The highest BCUT2D eigenvalue weighted by atomic mass is 32.2. The van der Waals surface area contributed by atoms with Crippen molar-refractivity contribution in [2.24, 2.45) is 0 Å². The largest absolute Gasteiger partial charge is 0.462 e. The fourth-order valence-corrected chi connectivity index (χ4v) is 6.69. The Hall–Kier alpha value is -2.17. The maximum Gasteiger partial charge on any atom is 0.341 e. The Morgan fingerprint density at radius 3 is 2.81 bits per heavy atom. The van der Waals surface area contributed by atoms with Gasteiger partial charge in [-0.3, -0.25) is 4.79 Å². The summed E-state index contributed by atoms with van der Waals surface area (Å²) in [5.41, 5.74) is 2.63. The van der Waals surface area contributed by atoms with E-state index < -0.39 is 0 Å². The summed E-state index contributed by atoms with van der Waals surface area (Å²) in [5.74, 6) is 0.488. The van der Waals surface area contributed by atoms with Gasteiger partial charge in [-0.15, -0.1) is 32.9 Å². The van der Waals surface area contributed by atoms with Crippen molar-refractivity contribution in [3.8, 4) is 11.4 Å². The van der Waals surface area contributed by atoms with Gasteiger partial charge in [-0.05, 0) is 51.2 Å². The number of thioether (sulfide) groups is 1. The molecule has 10 heteroatoms. The van der Waals surface area contributed by atoms with Gasteiger partial charge >= 0.3 is 5.97 Å². The van der Waals surface area contributed by atoms with Gasteiger partial charge in [-0.2, -0.15) is 0 Å². The zero-order valence-corrected chi connectivity index (χ0v) is 20.8. The summed E-state index contributed by atoms with van der Waals surface area (Å²) in [6.45, 7) is 7.00. The first-order chi connectivity index (χ1) is 15.5. The molecule has 0 saturated carbocycles. The van der Waals surface area contributed by atoms with E-state index in [1.165, 1.54) is 32.9 Å². The molecule has 0 fully saturated rings. The van der Waals surface area contributed by atoms with Crippen molar-refractivity contribution >= 4 is 51.3 Å². The molecule has 3 aromatic rings. The summed E-state index contributed by atoms with van der Waals surface area (Å²) in [4.78, 5) is 27.7. The first kappa shape index (κ1) is 23.0. The Morgan fingerprint density at radius 1 is 1.25 bits per heavy atom. The molecule has 0 bridgehead atoms. The van der Waals surface area contributed by atoms with Crippen molar-refractivity contribution < 1.29 is 14.3 Å². The van der Waals surface area contributed by atoms with Crippen molar-refractivity contribution in [1.82, 2.24) is 14.8 Å². The molecule has 4 rings (SSSR count). The molecule has 0 aliphatic heterocycles. The minimum atomic E-state index is -0.354. The van der Waals surface area contributed by atoms with E-state index in [1.54, 1.807) is 18.3 Å². The normalized spacial score (nSPS) is 12.7. The van der Waals surface area contributed by atoms with Crippen molar-refractivity contribution in [2.75, 3.05) is 17.7 Å². The molecule has 1 amide bonds. The number of esters is 1. The maximum atomic E-state index is 12.7. The molecule has 3 heterocycles. The highest BCUT2D eigenvalue weighted by Crippen LogP contribution is 2.39. The first-order valence-corrected chi connectivity index (χ1v) is 13.5. The van der Waals surface area contributed by atoms with Crippen molar-refractivity contribution in [2.45, 2.75) is 58.2 Å². The number of hydrogen-bond donors (Lipinski definition) is 1. The predicted octanol–water partition coefficient (Wildman–Crippen LogP) is 5.05. The molecule has 1 N–H and O–H groups in total. The number of carbonyl (C=O) groups excluding carboxylic acids is 2. The van der Waals surface area contributed by atoms with Crippen LogP contribution < -0.4 is 5.32 Å². The van der Waals surface area contributed by atoms with Gasteiger partial charge in [0.2, 0.25) is 5.91 Å². The van der Waals surface area contributed by atoms with Gasteiger partial charge in [-0.25, -0.2) is 4.79 Å². The molecule has 3 aromatic heterocycles. The summed E-state index contributed by atoms with van der Waals surface area (Å²) in [5, 5.41) is 15.0.